The monoisotopic (exact) mass is 334 g/mol. The highest BCUT2D eigenvalue weighted by atomic mass is 35.5. The third-order valence-corrected chi connectivity index (χ3v) is 3.91. The summed E-state index contributed by atoms with van der Waals surface area (Å²) < 4.78 is 13.1. The Hall–Kier alpha value is -1.91. The first-order chi connectivity index (χ1) is 10.7. The number of carbonyl (C=O) groups excluding carboxylic acids is 1. The predicted molar refractivity (Wildman–Crippen MR) is 92.5 cm³/mol. The van der Waals surface area contributed by atoms with E-state index in [9.17, 15) is 9.18 Å². The van der Waals surface area contributed by atoms with Crippen LogP contribution in [0.3, 0.4) is 0 Å². The molecule has 23 heavy (non-hydrogen) atoms. The van der Waals surface area contributed by atoms with Crippen LogP contribution in [0.2, 0.25) is 0 Å². The number of halogens is 2. The van der Waals surface area contributed by atoms with Crippen molar-refractivity contribution in [3.8, 4) is 0 Å². The van der Waals surface area contributed by atoms with Gasteiger partial charge < -0.3 is 10.6 Å². The van der Waals surface area contributed by atoms with Gasteiger partial charge in [0.2, 0.25) is 5.91 Å². The SMILES string of the molecule is Cl.O=C(CCc1cccc(F)c1)Nc1ccc2c(c1)CNCC2. The molecule has 3 nitrogen and oxygen atoms in total. The fourth-order valence-electron chi connectivity index (χ4n) is 2.73. The van der Waals surface area contributed by atoms with Crippen molar-refractivity contribution < 1.29 is 9.18 Å². The molecule has 2 aromatic rings. The molecule has 1 aliphatic heterocycles. The molecule has 0 bridgehead atoms. The van der Waals surface area contributed by atoms with Crippen LogP contribution < -0.4 is 10.6 Å². The third-order valence-electron chi connectivity index (χ3n) is 3.91. The van der Waals surface area contributed by atoms with E-state index in [1.807, 2.05) is 18.2 Å². The number of anilines is 1. The molecule has 0 atom stereocenters. The summed E-state index contributed by atoms with van der Waals surface area (Å²) in [4.78, 5) is 12.0. The van der Waals surface area contributed by atoms with Gasteiger partial charge in [0, 0.05) is 18.7 Å². The smallest absolute Gasteiger partial charge is 0.224 e. The summed E-state index contributed by atoms with van der Waals surface area (Å²) in [6.45, 7) is 1.86. The molecule has 1 aliphatic rings. The van der Waals surface area contributed by atoms with Gasteiger partial charge in [-0.2, -0.15) is 0 Å². The van der Waals surface area contributed by atoms with E-state index in [0.29, 0.717) is 12.8 Å². The molecule has 0 radical (unpaired) electrons. The van der Waals surface area contributed by atoms with Crippen LogP contribution in [0.1, 0.15) is 23.1 Å². The zero-order valence-corrected chi connectivity index (χ0v) is 13.6. The number of hydrogen-bond donors (Lipinski definition) is 2. The number of rotatable bonds is 4. The van der Waals surface area contributed by atoms with Crippen LogP contribution in [0.5, 0.6) is 0 Å². The van der Waals surface area contributed by atoms with Crippen molar-refractivity contribution in [1.82, 2.24) is 5.32 Å². The molecule has 0 fully saturated rings. The lowest BCUT2D eigenvalue weighted by molar-refractivity contribution is -0.116. The van der Waals surface area contributed by atoms with Crippen molar-refractivity contribution >= 4 is 24.0 Å². The first-order valence-corrected chi connectivity index (χ1v) is 7.57. The van der Waals surface area contributed by atoms with E-state index in [4.69, 9.17) is 0 Å². The minimum atomic E-state index is -0.264. The van der Waals surface area contributed by atoms with E-state index in [1.165, 1.54) is 23.3 Å². The zero-order valence-electron chi connectivity index (χ0n) is 12.8. The standard InChI is InChI=1S/C18H19FN2O.ClH/c19-16-3-1-2-13(10-16)4-7-18(22)21-17-6-5-14-8-9-20-12-15(14)11-17;/h1-3,5-6,10-11,20H,4,7-9,12H2,(H,21,22);1H. The fourth-order valence-corrected chi connectivity index (χ4v) is 2.73. The van der Waals surface area contributed by atoms with E-state index in [2.05, 4.69) is 16.7 Å². The highest BCUT2D eigenvalue weighted by Crippen LogP contribution is 2.19. The molecule has 3 rings (SSSR count). The van der Waals surface area contributed by atoms with Crippen LogP contribution in [0.25, 0.3) is 0 Å². The lowest BCUT2D eigenvalue weighted by Gasteiger charge is -2.18. The summed E-state index contributed by atoms with van der Waals surface area (Å²) >= 11 is 0. The molecule has 1 amide bonds. The molecule has 122 valence electrons. The number of fused-ring (bicyclic) bond motifs is 1. The molecular weight excluding hydrogens is 315 g/mol. The number of amides is 1. The number of hydrogen-bond acceptors (Lipinski definition) is 2. The summed E-state index contributed by atoms with van der Waals surface area (Å²) in [5.74, 6) is -0.312. The van der Waals surface area contributed by atoms with Gasteiger partial charge in [-0.15, -0.1) is 12.4 Å². The Morgan fingerprint density at radius 1 is 1.17 bits per heavy atom. The Morgan fingerprint density at radius 3 is 2.87 bits per heavy atom. The third kappa shape index (κ3) is 4.78. The summed E-state index contributed by atoms with van der Waals surface area (Å²) in [6, 6.07) is 12.4. The van der Waals surface area contributed by atoms with Crippen molar-refractivity contribution in [3.63, 3.8) is 0 Å². The van der Waals surface area contributed by atoms with Gasteiger partial charge in [0.25, 0.3) is 0 Å². The quantitative estimate of drug-likeness (QED) is 0.899. The Balaban J connectivity index is 0.00000192. The van der Waals surface area contributed by atoms with Crippen LogP contribution in [-0.2, 0) is 24.2 Å². The van der Waals surface area contributed by atoms with Crippen LogP contribution in [0, 0.1) is 5.82 Å². The molecule has 2 N–H and O–H groups in total. The number of carbonyl (C=O) groups is 1. The summed E-state index contributed by atoms with van der Waals surface area (Å²) in [5, 5.41) is 6.24. The van der Waals surface area contributed by atoms with Crippen molar-refractivity contribution in [3.05, 3.63) is 65.0 Å². The van der Waals surface area contributed by atoms with E-state index in [-0.39, 0.29) is 24.1 Å². The molecule has 0 saturated heterocycles. The normalized spacial score (nSPS) is 12.9. The van der Waals surface area contributed by atoms with Crippen molar-refractivity contribution in [2.75, 3.05) is 11.9 Å². The van der Waals surface area contributed by atoms with Crippen molar-refractivity contribution in [2.45, 2.75) is 25.8 Å². The Kier molecular flexibility index (Phi) is 6.13. The molecule has 5 heteroatoms. The van der Waals surface area contributed by atoms with Gasteiger partial charge in [0.05, 0.1) is 0 Å². The molecular formula is C18H20ClFN2O. The predicted octanol–water partition coefficient (Wildman–Crippen LogP) is 3.46. The topological polar surface area (TPSA) is 41.1 Å². The number of aryl methyl sites for hydroxylation is 1. The van der Waals surface area contributed by atoms with Gasteiger partial charge in [-0.3, -0.25) is 4.79 Å². The van der Waals surface area contributed by atoms with E-state index in [0.717, 1.165) is 30.8 Å². The van der Waals surface area contributed by atoms with E-state index >= 15 is 0 Å². The minimum absolute atomic E-state index is 0. The fraction of sp³-hybridized carbons (Fsp3) is 0.278. The Morgan fingerprint density at radius 2 is 2.04 bits per heavy atom. The molecule has 0 spiro atoms. The first kappa shape index (κ1) is 17.4. The largest absolute Gasteiger partial charge is 0.326 e. The highest BCUT2D eigenvalue weighted by Gasteiger charge is 2.10. The molecule has 2 aromatic carbocycles. The maximum atomic E-state index is 13.1. The average Bonchev–Trinajstić information content (AvgIpc) is 2.53. The van der Waals surface area contributed by atoms with Gasteiger partial charge in [-0.1, -0.05) is 18.2 Å². The van der Waals surface area contributed by atoms with E-state index < -0.39 is 0 Å². The second kappa shape index (κ2) is 8.09. The Labute approximate surface area is 141 Å². The lowest BCUT2D eigenvalue weighted by atomic mass is 10.0. The zero-order chi connectivity index (χ0) is 15.4. The number of nitrogens with one attached hydrogen (secondary N) is 2. The molecule has 0 unspecified atom stereocenters. The van der Waals surface area contributed by atoms with Crippen LogP contribution >= 0.6 is 12.4 Å². The average molecular weight is 335 g/mol. The molecule has 0 aromatic heterocycles. The van der Waals surface area contributed by atoms with Gasteiger partial charge >= 0.3 is 0 Å². The molecule has 0 aliphatic carbocycles. The molecule has 0 saturated carbocycles. The van der Waals surface area contributed by atoms with Crippen molar-refractivity contribution in [2.24, 2.45) is 0 Å². The minimum Gasteiger partial charge on any atom is -0.326 e. The summed E-state index contributed by atoms with van der Waals surface area (Å²) in [5.41, 5.74) is 4.25. The van der Waals surface area contributed by atoms with Gasteiger partial charge in [-0.05, 0) is 60.3 Å². The summed E-state index contributed by atoms with van der Waals surface area (Å²) in [6.07, 6.45) is 1.91. The molecule has 1 heterocycles. The summed E-state index contributed by atoms with van der Waals surface area (Å²) in [7, 11) is 0. The van der Waals surface area contributed by atoms with Crippen LogP contribution in [0.4, 0.5) is 10.1 Å². The van der Waals surface area contributed by atoms with Gasteiger partial charge in [0.15, 0.2) is 0 Å². The second-order valence-corrected chi connectivity index (χ2v) is 5.59. The first-order valence-electron chi connectivity index (χ1n) is 7.57. The van der Waals surface area contributed by atoms with E-state index in [1.54, 1.807) is 6.07 Å². The maximum absolute atomic E-state index is 13.1. The van der Waals surface area contributed by atoms with Crippen LogP contribution in [-0.4, -0.2) is 12.5 Å². The second-order valence-electron chi connectivity index (χ2n) is 5.59. The maximum Gasteiger partial charge on any atom is 0.224 e. The Bertz CT molecular complexity index is 690. The van der Waals surface area contributed by atoms with Crippen molar-refractivity contribution in [1.29, 1.82) is 0 Å². The van der Waals surface area contributed by atoms with Crippen LogP contribution in [0.15, 0.2) is 42.5 Å². The number of benzene rings is 2. The lowest BCUT2D eigenvalue weighted by Crippen LogP contribution is -2.23. The highest BCUT2D eigenvalue weighted by molar-refractivity contribution is 5.91. The van der Waals surface area contributed by atoms with Gasteiger partial charge in [0.1, 0.15) is 5.82 Å². The van der Waals surface area contributed by atoms with Gasteiger partial charge in [-0.25, -0.2) is 4.39 Å².